The van der Waals surface area contributed by atoms with Gasteiger partial charge in [0.05, 0.1) is 16.9 Å². The summed E-state index contributed by atoms with van der Waals surface area (Å²) in [5, 5.41) is 11.8. The normalized spacial score (nSPS) is 15.0. The van der Waals surface area contributed by atoms with Gasteiger partial charge >= 0.3 is 12.0 Å². The van der Waals surface area contributed by atoms with Crippen molar-refractivity contribution in [3.8, 4) is 0 Å². The molecule has 1 saturated heterocycles. The van der Waals surface area contributed by atoms with Crippen LogP contribution in [0.15, 0.2) is 18.5 Å². The van der Waals surface area contributed by atoms with Crippen LogP contribution in [0, 0.1) is 6.92 Å². The number of rotatable bonds is 2. The van der Waals surface area contributed by atoms with E-state index in [1.807, 2.05) is 6.92 Å². The van der Waals surface area contributed by atoms with Crippen molar-refractivity contribution in [1.82, 2.24) is 14.7 Å². The molecule has 0 aromatic carbocycles. The van der Waals surface area contributed by atoms with Crippen LogP contribution in [0.25, 0.3) is 5.65 Å². The van der Waals surface area contributed by atoms with E-state index < -0.39 is 5.97 Å². The van der Waals surface area contributed by atoms with Crippen LogP contribution in [-0.2, 0) is 0 Å². The Morgan fingerprint density at radius 1 is 1.47 bits per heavy atom. The number of fused-ring (bicyclic) bond motifs is 1. The zero-order valence-corrected chi connectivity index (χ0v) is 10.3. The van der Waals surface area contributed by atoms with Gasteiger partial charge in [-0.05, 0) is 13.0 Å². The number of aromatic carboxylic acids is 1. The first-order valence-corrected chi connectivity index (χ1v) is 5.84. The molecule has 3 rings (SSSR count). The van der Waals surface area contributed by atoms with E-state index in [-0.39, 0.29) is 11.6 Å². The summed E-state index contributed by atoms with van der Waals surface area (Å²) in [6.45, 7) is 2.87. The summed E-state index contributed by atoms with van der Waals surface area (Å²) in [5.41, 5.74) is 1.99. The van der Waals surface area contributed by atoms with Crippen molar-refractivity contribution >= 4 is 23.3 Å². The molecule has 2 amide bonds. The zero-order chi connectivity index (χ0) is 13.6. The Balaban J connectivity index is 2.25. The summed E-state index contributed by atoms with van der Waals surface area (Å²) < 4.78 is 1.64. The molecule has 0 spiro atoms. The number of hydrogen-bond acceptors (Lipinski definition) is 3. The van der Waals surface area contributed by atoms with Crippen LogP contribution in [0.1, 0.15) is 16.1 Å². The number of carbonyl (C=O) groups is 2. The number of urea groups is 1. The van der Waals surface area contributed by atoms with Crippen LogP contribution in [0.3, 0.4) is 0 Å². The summed E-state index contributed by atoms with van der Waals surface area (Å²) >= 11 is 0. The molecular weight excluding hydrogens is 248 g/mol. The molecule has 0 radical (unpaired) electrons. The number of anilines is 1. The molecule has 0 unspecified atom stereocenters. The summed E-state index contributed by atoms with van der Waals surface area (Å²) in [5.74, 6) is -1.03. The molecule has 98 valence electrons. The monoisotopic (exact) mass is 260 g/mol. The van der Waals surface area contributed by atoms with Crippen LogP contribution in [0.5, 0.6) is 0 Å². The molecule has 3 heterocycles. The highest BCUT2D eigenvalue weighted by Crippen LogP contribution is 2.24. The van der Waals surface area contributed by atoms with Gasteiger partial charge in [-0.3, -0.25) is 4.90 Å². The summed E-state index contributed by atoms with van der Waals surface area (Å²) in [6.07, 6.45) is 3.23. The minimum Gasteiger partial charge on any atom is -0.478 e. The predicted octanol–water partition coefficient (Wildman–Crippen LogP) is 0.871. The number of carboxylic acid groups (broad SMARTS) is 1. The first kappa shape index (κ1) is 11.5. The highest BCUT2D eigenvalue weighted by Gasteiger charge is 2.25. The second-order valence-electron chi connectivity index (χ2n) is 4.42. The lowest BCUT2D eigenvalue weighted by Crippen LogP contribution is -2.28. The molecule has 2 aromatic rings. The molecule has 2 aromatic heterocycles. The number of nitrogens with one attached hydrogen (secondary N) is 1. The lowest BCUT2D eigenvalue weighted by molar-refractivity contribution is 0.0696. The molecule has 0 aliphatic carbocycles. The Hall–Kier alpha value is -2.57. The topological polar surface area (TPSA) is 86.9 Å². The Morgan fingerprint density at radius 3 is 2.89 bits per heavy atom. The maximum atomic E-state index is 11.7. The van der Waals surface area contributed by atoms with Crippen LogP contribution in [-0.4, -0.2) is 39.6 Å². The van der Waals surface area contributed by atoms with Gasteiger partial charge in [0.25, 0.3) is 0 Å². The Bertz CT molecular complexity index is 692. The van der Waals surface area contributed by atoms with Crippen LogP contribution >= 0.6 is 0 Å². The number of carboxylic acids is 1. The van der Waals surface area contributed by atoms with Gasteiger partial charge in [0.1, 0.15) is 0 Å². The highest BCUT2D eigenvalue weighted by molar-refractivity contribution is 5.99. The largest absolute Gasteiger partial charge is 0.478 e. The van der Waals surface area contributed by atoms with Gasteiger partial charge in [0.2, 0.25) is 0 Å². The standard InChI is InChI=1S/C12H12N4O3/c1-7-5-15-6-8(11(17)18)4-9(10(15)14-7)16-3-2-13-12(16)19/h4-6H,2-3H2,1H3,(H,13,19)(H,17,18). The van der Waals surface area contributed by atoms with Crippen molar-refractivity contribution in [2.45, 2.75) is 6.92 Å². The molecule has 1 aliphatic heterocycles. The van der Waals surface area contributed by atoms with E-state index in [2.05, 4.69) is 10.3 Å². The highest BCUT2D eigenvalue weighted by atomic mass is 16.4. The molecule has 0 atom stereocenters. The number of imidazole rings is 1. The van der Waals surface area contributed by atoms with Crippen molar-refractivity contribution in [2.75, 3.05) is 18.0 Å². The van der Waals surface area contributed by atoms with Crippen molar-refractivity contribution in [3.05, 3.63) is 29.7 Å². The van der Waals surface area contributed by atoms with E-state index in [9.17, 15) is 9.59 Å². The molecule has 0 saturated carbocycles. The Morgan fingerprint density at radius 2 is 2.26 bits per heavy atom. The van der Waals surface area contributed by atoms with Gasteiger partial charge in [-0.2, -0.15) is 0 Å². The molecule has 0 bridgehead atoms. The van der Waals surface area contributed by atoms with E-state index >= 15 is 0 Å². The Labute approximate surface area is 108 Å². The zero-order valence-electron chi connectivity index (χ0n) is 10.3. The second-order valence-corrected chi connectivity index (χ2v) is 4.42. The first-order chi connectivity index (χ1) is 9.06. The second kappa shape index (κ2) is 3.98. The molecule has 1 fully saturated rings. The smallest absolute Gasteiger partial charge is 0.337 e. The van der Waals surface area contributed by atoms with Crippen molar-refractivity contribution in [3.63, 3.8) is 0 Å². The lowest BCUT2D eigenvalue weighted by Gasteiger charge is -2.15. The SMILES string of the molecule is Cc1cn2cc(C(=O)O)cc(N3CCNC3=O)c2n1. The van der Waals surface area contributed by atoms with Gasteiger partial charge in [-0.15, -0.1) is 0 Å². The predicted molar refractivity (Wildman–Crippen MR) is 67.6 cm³/mol. The number of nitrogens with zero attached hydrogens (tertiary/aromatic N) is 3. The minimum absolute atomic E-state index is 0.125. The van der Waals surface area contributed by atoms with E-state index in [1.165, 1.54) is 17.2 Å². The fourth-order valence-electron chi connectivity index (χ4n) is 2.22. The van der Waals surface area contributed by atoms with Gasteiger partial charge < -0.3 is 14.8 Å². The number of aromatic nitrogens is 2. The van der Waals surface area contributed by atoms with Gasteiger partial charge in [-0.1, -0.05) is 0 Å². The van der Waals surface area contributed by atoms with Gasteiger partial charge in [0, 0.05) is 25.5 Å². The van der Waals surface area contributed by atoms with Gasteiger partial charge in [0.15, 0.2) is 5.65 Å². The summed E-state index contributed by atoms with van der Waals surface area (Å²) in [6, 6.07) is 1.25. The van der Waals surface area contributed by atoms with Crippen LogP contribution < -0.4 is 10.2 Å². The number of hydrogen-bond donors (Lipinski definition) is 2. The van der Waals surface area contributed by atoms with E-state index in [0.29, 0.717) is 24.4 Å². The fraction of sp³-hybridized carbons (Fsp3) is 0.250. The first-order valence-electron chi connectivity index (χ1n) is 5.84. The fourth-order valence-corrected chi connectivity index (χ4v) is 2.22. The third kappa shape index (κ3) is 1.79. The average Bonchev–Trinajstić information content (AvgIpc) is 2.92. The van der Waals surface area contributed by atoms with E-state index in [0.717, 1.165) is 5.69 Å². The van der Waals surface area contributed by atoms with Gasteiger partial charge in [-0.25, -0.2) is 14.6 Å². The number of carbonyl (C=O) groups excluding carboxylic acids is 1. The summed E-state index contributed by atoms with van der Waals surface area (Å²) in [4.78, 5) is 28.7. The van der Waals surface area contributed by atoms with Crippen molar-refractivity contribution in [2.24, 2.45) is 0 Å². The summed E-state index contributed by atoms with van der Waals surface area (Å²) in [7, 11) is 0. The maximum absolute atomic E-state index is 11.7. The number of aryl methyl sites for hydroxylation is 1. The number of amides is 2. The number of pyridine rings is 1. The molecule has 19 heavy (non-hydrogen) atoms. The lowest BCUT2D eigenvalue weighted by atomic mass is 10.2. The van der Waals surface area contributed by atoms with E-state index in [1.54, 1.807) is 10.6 Å². The minimum atomic E-state index is -1.03. The van der Waals surface area contributed by atoms with Crippen LogP contribution in [0.2, 0.25) is 0 Å². The Kier molecular flexibility index (Phi) is 2.41. The third-order valence-corrected chi connectivity index (χ3v) is 3.05. The molecular formula is C12H12N4O3. The molecule has 7 heteroatoms. The molecule has 1 aliphatic rings. The molecule has 2 N–H and O–H groups in total. The quantitative estimate of drug-likeness (QED) is 0.838. The molecule has 7 nitrogen and oxygen atoms in total. The van der Waals surface area contributed by atoms with Crippen molar-refractivity contribution in [1.29, 1.82) is 0 Å². The average molecular weight is 260 g/mol. The maximum Gasteiger partial charge on any atom is 0.337 e. The van der Waals surface area contributed by atoms with E-state index in [4.69, 9.17) is 5.11 Å². The van der Waals surface area contributed by atoms with Crippen molar-refractivity contribution < 1.29 is 14.7 Å². The van der Waals surface area contributed by atoms with Crippen LogP contribution in [0.4, 0.5) is 10.5 Å². The third-order valence-electron chi connectivity index (χ3n) is 3.05.